The van der Waals surface area contributed by atoms with Gasteiger partial charge in [-0.15, -0.1) is 0 Å². The van der Waals surface area contributed by atoms with E-state index < -0.39 is 0 Å². The van der Waals surface area contributed by atoms with Crippen LogP contribution >= 0.6 is 0 Å². The Labute approximate surface area is 160 Å². The predicted molar refractivity (Wildman–Crippen MR) is 105 cm³/mol. The molecule has 2 aromatic carbocycles. The van der Waals surface area contributed by atoms with Crippen LogP contribution < -0.4 is 4.74 Å². The highest BCUT2D eigenvalue weighted by atomic mass is 19.1. The summed E-state index contributed by atoms with van der Waals surface area (Å²) in [5, 5.41) is 0. The SMILES string of the molecule is CCOc1ccccc1CN1CCCn2cccc2C1c1ccc(F)cc1. The van der Waals surface area contributed by atoms with Crippen molar-refractivity contribution in [3.05, 3.63) is 89.5 Å². The van der Waals surface area contributed by atoms with Crippen molar-refractivity contribution in [2.24, 2.45) is 0 Å². The van der Waals surface area contributed by atoms with Crippen molar-refractivity contribution in [2.45, 2.75) is 32.5 Å². The fourth-order valence-corrected chi connectivity index (χ4v) is 3.99. The highest BCUT2D eigenvalue weighted by molar-refractivity contribution is 5.35. The van der Waals surface area contributed by atoms with Gasteiger partial charge in [-0.25, -0.2) is 4.39 Å². The van der Waals surface area contributed by atoms with E-state index in [2.05, 4.69) is 39.9 Å². The molecule has 4 rings (SSSR count). The number of halogens is 1. The van der Waals surface area contributed by atoms with E-state index in [-0.39, 0.29) is 11.9 Å². The van der Waals surface area contributed by atoms with E-state index in [0.29, 0.717) is 6.61 Å². The largest absolute Gasteiger partial charge is 0.494 e. The Morgan fingerprint density at radius 1 is 1.00 bits per heavy atom. The lowest BCUT2D eigenvalue weighted by Crippen LogP contribution is -2.29. The lowest BCUT2D eigenvalue weighted by molar-refractivity contribution is 0.215. The summed E-state index contributed by atoms with van der Waals surface area (Å²) in [6.45, 7) is 5.44. The molecule has 3 nitrogen and oxygen atoms in total. The second kappa shape index (κ2) is 7.97. The third-order valence-corrected chi connectivity index (χ3v) is 5.19. The minimum absolute atomic E-state index is 0.0952. The molecule has 4 heteroatoms. The molecule has 3 aromatic rings. The number of hydrogen-bond donors (Lipinski definition) is 0. The predicted octanol–water partition coefficient (Wildman–Crippen LogP) is 5.02. The lowest BCUT2D eigenvalue weighted by atomic mass is 10.0. The van der Waals surface area contributed by atoms with Crippen molar-refractivity contribution in [3.63, 3.8) is 0 Å². The number of para-hydroxylation sites is 1. The van der Waals surface area contributed by atoms with E-state index in [4.69, 9.17) is 4.74 Å². The molecular weight excluding hydrogens is 339 g/mol. The molecule has 1 aromatic heterocycles. The lowest BCUT2D eigenvalue weighted by Gasteiger charge is -2.31. The van der Waals surface area contributed by atoms with Crippen LogP contribution in [0.3, 0.4) is 0 Å². The monoisotopic (exact) mass is 364 g/mol. The van der Waals surface area contributed by atoms with Gasteiger partial charge in [0.25, 0.3) is 0 Å². The minimum Gasteiger partial charge on any atom is -0.494 e. The van der Waals surface area contributed by atoms with E-state index >= 15 is 0 Å². The van der Waals surface area contributed by atoms with Gasteiger partial charge in [0.1, 0.15) is 11.6 Å². The molecule has 27 heavy (non-hydrogen) atoms. The zero-order chi connectivity index (χ0) is 18.6. The van der Waals surface area contributed by atoms with Crippen LogP contribution in [0.4, 0.5) is 4.39 Å². The maximum absolute atomic E-state index is 13.5. The van der Waals surface area contributed by atoms with Crippen LogP contribution in [-0.2, 0) is 13.1 Å². The first-order valence-corrected chi connectivity index (χ1v) is 9.61. The zero-order valence-electron chi connectivity index (χ0n) is 15.6. The van der Waals surface area contributed by atoms with E-state index in [0.717, 1.165) is 37.4 Å². The fraction of sp³-hybridized carbons (Fsp3) is 0.304. The van der Waals surface area contributed by atoms with E-state index in [1.165, 1.54) is 11.3 Å². The van der Waals surface area contributed by atoms with Gasteiger partial charge in [0.15, 0.2) is 0 Å². The maximum Gasteiger partial charge on any atom is 0.123 e. The van der Waals surface area contributed by atoms with Crippen LogP contribution in [0.5, 0.6) is 5.75 Å². The normalized spacial score (nSPS) is 17.3. The minimum atomic E-state index is -0.198. The average molecular weight is 364 g/mol. The summed E-state index contributed by atoms with van der Waals surface area (Å²) in [4.78, 5) is 2.48. The number of nitrogens with zero attached hydrogens (tertiary/aromatic N) is 2. The molecule has 0 bridgehead atoms. The van der Waals surface area contributed by atoms with Gasteiger partial charge >= 0.3 is 0 Å². The summed E-state index contributed by atoms with van der Waals surface area (Å²) in [6, 6.07) is 19.5. The van der Waals surface area contributed by atoms with Crippen molar-refractivity contribution >= 4 is 0 Å². The molecule has 1 aliphatic rings. The van der Waals surface area contributed by atoms with Crippen LogP contribution in [0.1, 0.15) is 36.2 Å². The van der Waals surface area contributed by atoms with Crippen molar-refractivity contribution in [1.29, 1.82) is 0 Å². The third kappa shape index (κ3) is 3.76. The molecule has 0 fully saturated rings. The topological polar surface area (TPSA) is 17.4 Å². The maximum atomic E-state index is 13.5. The number of rotatable bonds is 5. The number of aryl methyl sites for hydroxylation is 1. The summed E-state index contributed by atoms with van der Waals surface area (Å²) < 4.78 is 21.7. The highest BCUT2D eigenvalue weighted by Gasteiger charge is 2.28. The number of fused-ring (bicyclic) bond motifs is 1. The molecule has 1 unspecified atom stereocenters. The van der Waals surface area contributed by atoms with E-state index in [1.807, 2.05) is 31.2 Å². The van der Waals surface area contributed by atoms with Crippen LogP contribution in [0.2, 0.25) is 0 Å². The van der Waals surface area contributed by atoms with Gasteiger partial charge in [-0.1, -0.05) is 30.3 Å². The molecule has 0 spiro atoms. The number of ether oxygens (including phenoxy) is 1. The first kappa shape index (κ1) is 17.8. The molecule has 1 aliphatic heterocycles. The van der Waals surface area contributed by atoms with Crippen LogP contribution in [0.25, 0.3) is 0 Å². The fourth-order valence-electron chi connectivity index (χ4n) is 3.99. The van der Waals surface area contributed by atoms with E-state index in [9.17, 15) is 4.39 Å². The molecule has 0 radical (unpaired) electrons. The van der Waals surface area contributed by atoms with Crippen molar-refractivity contribution < 1.29 is 9.13 Å². The molecule has 0 saturated heterocycles. The average Bonchev–Trinajstić information content (AvgIpc) is 3.06. The van der Waals surface area contributed by atoms with Gasteiger partial charge in [-0.2, -0.15) is 0 Å². The summed E-state index contributed by atoms with van der Waals surface area (Å²) in [6.07, 6.45) is 3.22. The first-order valence-electron chi connectivity index (χ1n) is 9.61. The van der Waals surface area contributed by atoms with Crippen molar-refractivity contribution in [2.75, 3.05) is 13.2 Å². The summed E-state index contributed by atoms with van der Waals surface area (Å²) >= 11 is 0. The van der Waals surface area contributed by atoms with Gasteiger partial charge in [-0.05, 0) is 49.2 Å². The van der Waals surface area contributed by atoms with Gasteiger partial charge in [0.05, 0.1) is 12.6 Å². The molecule has 0 amide bonds. The summed E-state index contributed by atoms with van der Waals surface area (Å²) in [5.41, 5.74) is 3.56. The molecular formula is C23H25FN2O. The Balaban J connectivity index is 1.72. The van der Waals surface area contributed by atoms with Crippen LogP contribution in [-0.4, -0.2) is 22.6 Å². The van der Waals surface area contributed by atoms with Crippen molar-refractivity contribution in [3.8, 4) is 5.75 Å². The standard InChI is InChI=1S/C23H25FN2O/c1-2-27-22-9-4-3-7-19(22)17-26-16-6-15-25-14-5-8-21(25)23(26)18-10-12-20(24)13-11-18/h3-5,7-14,23H,2,6,15-17H2,1H3. The van der Waals surface area contributed by atoms with E-state index in [1.54, 1.807) is 12.1 Å². The summed E-state index contributed by atoms with van der Waals surface area (Å²) in [5.74, 6) is 0.744. The Morgan fingerprint density at radius 3 is 2.63 bits per heavy atom. The Morgan fingerprint density at radius 2 is 1.81 bits per heavy atom. The molecule has 0 aliphatic carbocycles. The molecule has 0 N–H and O–H groups in total. The highest BCUT2D eigenvalue weighted by Crippen LogP contribution is 2.34. The number of hydrogen-bond acceptors (Lipinski definition) is 2. The Bertz CT molecular complexity index is 887. The van der Waals surface area contributed by atoms with Gasteiger partial charge < -0.3 is 9.30 Å². The molecule has 1 atom stereocenters. The number of aromatic nitrogens is 1. The Kier molecular flexibility index (Phi) is 5.26. The number of benzene rings is 2. The second-order valence-corrected chi connectivity index (χ2v) is 6.95. The zero-order valence-corrected chi connectivity index (χ0v) is 15.6. The second-order valence-electron chi connectivity index (χ2n) is 6.95. The Hall–Kier alpha value is -2.59. The van der Waals surface area contributed by atoms with Gasteiger partial charge in [0.2, 0.25) is 0 Å². The summed E-state index contributed by atoms with van der Waals surface area (Å²) in [7, 11) is 0. The van der Waals surface area contributed by atoms with Crippen molar-refractivity contribution in [1.82, 2.24) is 9.47 Å². The molecule has 140 valence electrons. The smallest absolute Gasteiger partial charge is 0.123 e. The van der Waals surface area contributed by atoms with Crippen LogP contribution in [0.15, 0.2) is 66.9 Å². The quantitative estimate of drug-likeness (QED) is 0.632. The van der Waals surface area contributed by atoms with Crippen LogP contribution in [0, 0.1) is 5.82 Å². The molecule has 2 heterocycles. The van der Waals surface area contributed by atoms with Gasteiger partial charge in [0, 0.05) is 37.1 Å². The third-order valence-electron chi connectivity index (χ3n) is 5.19. The van der Waals surface area contributed by atoms with Gasteiger partial charge in [-0.3, -0.25) is 4.90 Å². The molecule has 0 saturated carbocycles. The first-order chi connectivity index (χ1) is 13.3.